The van der Waals surface area contributed by atoms with Gasteiger partial charge in [0.05, 0.1) is 24.9 Å². The summed E-state index contributed by atoms with van der Waals surface area (Å²) in [6.07, 6.45) is 6.34. The first-order chi connectivity index (χ1) is 22.4. The summed E-state index contributed by atoms with van der Waals surface area (Å²) in [6, 6.07) is 24.1. The zero-order valence-electron chi connectivity index (χ0n) is 27.1. The van der Waals surface area contributed by atoms with Crippen molar-refractivity contribution in [2.45, 2.75) is 90.9 Å². The second-order valence-corrected chi connectivity index (χ2v) is 12.4. The molecule has 0 bridgehead atoms. The highest BCUT2D eigenvalue weighted by Gasteiger charge is 2.42. The number of aromatic nitrogens is 3. The van der Waals surface area contributed by atoms with Crippen molar-refractivity contribution in [3.05, 3.63) is 84.6 Å². The maximum Gasteiger partial charge on any atom is 0.306 e. The van der Waals surface area contributed by atoms with Gasteiger partial charge in [0.1, 0.15) is 12.3 Å². The van der Waals surface area contributed by atoms with Crippen molar-refractivity contribution >= 4 is 22.6 Å². The number of amides is 1. The van der Waals surface area contributed by atoms with E-state index in [2.05, 4.69) is 59.8 Å². The van der Waals surface area contributed by atoms with Gasteiger partial charge in [-0.05, 0) is 47.1 Å². The summed E-state index contributed by atoms with van der Waals surface area (Å²) < 4.78 is 20.0. The molecule has 244 valence electrons. The maximum absolute atomic E-state index is 12.1. The number of nitrogens with zero attached hydrogens (tertiary/aromatic N) is 3. The monoisotopic (exact) mass is 626 g/mol. The van der Waals surface area contributed by atoms with Crippen LogP contribution in [0.25, 0.3) is 22.0 Å². The van der Waals surface area contributed by atoms with Crippen LogP contribution < -0.4 is 5.32 Å². The largest absolute Gasteiger partial charge is 0.461 e. The summed E-state index contributed by atoms with van der Waals surface area (Å²) in [4.78, 5) is 24.1. The molecule has 1 fully saturated rings. The minimum Gasteiger partial charge on any atom is -0.461 e. The molecule has 2 heterocycles. The van der Waals surface area contributed by atoms with Crippen molar-refractivity contribution in [1.82, 2.24) is 20.3 Å². The van der Waals surface area contributed by atoms with Gasteiger partial charge < -0.3 is 19.5 Å². The number of fused-ring (bicyclic) bond motifs is 1. The zero-order valence-corrected chi connectivity index (χ0v) is 27.1. The Morgan fingerprint density at radius 3 is 2.43 bits per heavy atom. The molecule has 1 aromatic heterocycles. The van der Waals surface area contributed by atoms with Gasteiger partial charge in [-0.25, -0.2) is 4.68 Å². The van der Waals surface area contributed by atoms with E-state index < -0.39 is 6.29 Å². The summed E-state index contributed by atoms with van der Waals surface area (Å²) >= 11 is 0. The number of unbranched alkanes of at least 4 members (excludes halogenated alkanes) is 4. The highest BCUT2D eigenvalue weighted by Crippen LogP contribution is 2.33. The van der Waals surface area contributed by atoms with E-state index >= 15 is 0 Å². The quantitative estimate of drug-likeness (QED) is 0.116. The number of benzene rings is 3. The van der Waals surface area contributed by atoms with Crippen molar-refractivity contribution in [3.63, 3.8) is 0 Å². The van der Waals surface area contributed by atoms with E-state index in [4.69, 9.17) is 14.2 Å². The van der Waals surface area contributed by atoms with Crippen LogP contribution in [0.5, 0.6) is 0 Å². The molecule has 5 atom stereocenters. The lowest BCUT2D eigenvalue weighted by molar-refractivity contribution is -0.239. The molecule has 1 aliphatic rings. The molecule has 0 aliphatic carbocycles. The first kappa shape index (κ1) is 33.3. The molecule has 1 aliphatic heterocycles. The standard InChI is InChI=1S/C37H46N4O5/c1-26-27(2)36(38-28(3)42)37(44-21-13-6-4-5-10-18-35(43)45-25-29-14-8-7-9-15-29)46-34(26)24-41-23-33(39-40-41)32-20-19-30-16-11-12-17-31(30)22-32/h7-9,11-12,14-17,19-20,22-23,26-27,34,36-37H,4-6,10,13,18,21,24-25H2,1-3H3,(H,38,42). The molecule has 1 N–H and O–H groups in total. The lowest BCUT2D eigenvalue weighted by Gasteiger charge is -2.44. The van der Waals surface area contributed by atoms with E-state index in [0.29, 0.717) is 26.2 Å². The van der Waals surface area contributed by atoms with Gasteiger partial charge in [-0.1, -0.05) is 105 Å². The molecule has 4 aromatic rings. The van der Waals surface area contributed by atoms with Crippen molar-refractivity contribution in [2.24, 2.45) is 11.8 Å². The van der Waals surface area contributed by atoms with Crippen LogP contribution in [0.15, 0.2) is 79.0 Å². The topological polar surface area (TPSA) is 105 Å². The summed E-state index contributed by atoms with van der Waals surface area (Å²) in [7, 11) is 0. The summed E-state index contributed by atoms with van der Waals surface area (Å²) in [5.41, 5.74) is 2.83. The molecule has 5 rings (SSSR count). The number of esters is 1. The molecular formula is C37H46N4O5. The minimum atomic E-state index is -0.553. The Balaban J connectivity index is 1.07. The van der Waals surface area contributed by atoms with Gasteiger partial charge in [0.15, 0.2) is 6.29 Å². The van der Waals surface area contributed by atoms with Crippen LogP contribution in [0.1, 0.15) is 64.9 Å². The van der Waals surface area contributed by atoms with Gasteiger partial charge in [-0.3, -0.25) is 9.59 Å². The number of hydrogen-bond donors (Lipinski definition) is 1. The number of carbonyl (C=O) groups excluding carboxylic acids is 2. The third-order valence-electron chi connectivity index (χ3n) is 8.96. The maximum atomic E-state index is 12.1. The van der Waals surface area contributed by atoms with E-state index in [9.17, 15) is 9.59 Å². The normalized spacial score (nSPS) is 21.2. The lowest BCUT2D eigenvalue weighted by Crippen LogP contribution is -2.58. The molecule has 1 saturated heterocycles. The van der Waals surface area contributed by atoms with Crippen molar-refractivity contribution < 1.29 is 23.8 Å². The highest BCUT2D eigenvalue weighted by molar-refractivity contribution is 5.86. The number of rotatable bonds is 15. The molecule has 5 unspecified atom stereocenters. The Labute approximate surface area is 271 Å². The molecule has 0 spiro atoms. The third-order valence-corrected chi connectivity index (χ3v) is 8.96. The highest BCUT2D eigenvalue weighted by atomic mass is 16.7. The predicted octanol–water partition coefficient (Wildman–Crippen LogP) is 6.70. The number of carbonyl (C=O) groups is 2. The first-order valence-electron chi connectivity index (χ1n) is 16.5. The van der Waals surface area contributed by atoms with Crippen molar-refractivity contribution in [2.75, 3.05) is 6.61 Å². The molecule has 9 heteroatoms. The van der Waals surface area contributed by atoms with Gasteiger partial charge in [0, 0.05) is 25.5 Å². The summed E-state index contributed by atoms with van der Waals surface area (Å²) in [6.45, 7) is 7.21. The van der Waals surface area contributed by atoms with E-state index in [0.717, 1.165) is 54.3 Å². The molecule has 1 amide bonds. The van der Waals surface area contributed by atoms with Crippen LogP contribution in [0.4, 0.5) is 0 Å². The Morgan fingerprint density at radius 2 is 1.63 bits per heavy atom. The van der Waals surface area contributed by atoms with Gasteiger partial charge in [0.25, 0.3) is 0 Å². The molecule has 46 heavy (non-hydrogen) atoms. The molecular weight excluding hydrogens is 580 g/mol. The summed E-state index contributed by atoms with van der Waals surface area (Å²) in [5, 5.41) is 14.3. The fraction of sp³-hybridized carbons (Fsp3) is 0.459. The predicted molar refractivity (Wildman–Crippen MR) is 177 cm³/mol. The second kappa shape index (κ2) is 16.5. The van der Waals surface area contributed by atoms with Crippen LogP contribution in [0.3, 0.4) is 0 Å². The Hall–Kier alpha value is -4.08. The van der Waals surface area contributed by atoms with Crippen LogP contribution in [-0.2, 0) is 37.0 Å². The fourth-order valence-corrected chi connectivity index (χ4v) is 6.05. The second-order valence-electron chi connectivity index (χ2n) is 12.4. The average molecular weight is 627 g/mol. The smallest absolute Gasteiger partial charge is 0.306 e. The fourth-order valence-electron chi connectivity index (χ4n) is 6.05. The number of ether oxygens (including phenoxy) is 3. The van der Waals surface area contributed by atoms with Gasteiger partial charge in [0.2, 0.25) is 5.91 Å². The van der Waals surface area contributed by atoms with E-state index in [1.165, 1.54) is 12.3 Å². The summed E-state index contributed by atoms with van der Waals surface area (Å²) in [5.74, 6) is 0.0415. The van der Waals surface area contributed by atoms with Crippen LogP contribution in [0, 0.1) is 11.8 Å². The zero-order chi connectivity index (χ0) is 32.3. The van der Waals surface area contributed by atoms with Gasteiger partial charge >= 0.3 is 5.97 Å². The van der Waals surface area contributed by atoms with Crippen LogP contribution >= 0.6 is 0 Å². The Bertz CT molecular complexity index is 1560. The molecule has 0 radical (unpaired) electrons. The SMILES string of the molecule is CC(=O)NC1C(OCCCCCCCC(=O)OCc2ccccc2)OC(Cn2cc(-c3ccc4ccccc4c3)nn2)C(C)C1C. The first-order valence-corrected chi connectivity index (χ1v) is 16.5. The minimum absolute atomic E-state index is 0.0988. The van der Waals surface area contributed by atoms with E-state index in [-0.39, 0.29) is 35.9 Å². The molecule has 0 saturated carbocycles. The number of hydrogen-bond acceptors (Lipinski definition) is 7. The molecule has 9 nitrogen and oxygen atoms in total. The number of nitrogens with one attached hydrogen (secondary N) is 1. The third kappa shape index (κ3) is 9.23. The average Bonchev–Trinajstić information content (AvgIpc) is 3.54. The Morgan fingerprint density at radius 1 is 0.891 bits per heavy atom. The van der Waals surface area contributed by atoms with Gasteiger partial charge in [-0.15, -0.1) is 5.10 Å². The van der Waals surface area contributed by atoms with Crippen molar-refractivity contribution in [1.29, 1.82) is 0 Å². The van der Waals surface area contributed by atoms with E-state index in [1.54, 1.807) is 0 Å². The molecule has 3 aromatic carbocycles. The van der Waals surface area contributed by atoms with Gasteiger partial charge in [-0.2, -0.15) is 0 Å². The van der Waals surface area contributed by atoms with Crippen LogP contribution in [0.2, 0.25) is 0 Å². The van der Waals surface area contributed by atoms with Crippen molar-refractivity contribution in [3.8, 4) is 11.3 Å². The van der Waals surface area contributed by atoms with E-state index in [1.807, 2.05) is 53.3 Å². The Kier molecular flexibility index (Phi) is 11.9. The van der Waals surface area contributed by atoms with Crippen LogP contribution in [-0.4, -0.2) is 51.9 Å². The lowest BCUT2D eigenvalue weighted by atomic mass is 9.82.